The second kappa shape index (κ2) is 4.86. The van der Waals surface area contributed by atoms with Crippen molar-refractivity contribution in [3.8, 4) is 5.75 Å². The van der Waals surface area contributed by atoms with Gasteiger partial charge in [-0.1, -0.05) is 13.0 Å². The number of fused-ring (bicyclic) bond motifs is 3. The molecule has 0 saturated carbocycles. The van der Waals surface area contributed by atoms with Gasteiger partial charge < -0.3 is 19.9 Å². The molecule has 0 unspecified atom stereocenters. The molecule has 3 saturated heterocycles. The van der Waals surface area contributed by atoms with Crippen molar-refractivity contribution in [1.82, 2.24) is 4.90 Å². The van der Waals surface area contributed by atoms with Crippen molar-refractivity contribution in [2.24, 2.45) is 5.41 Å². The minimum Gasteiger partial charge on any atom is -0.508 e. The van der Waals surface area contributed by atoms with E-state index >= 15 is 0 Å². The Hall–Kier alpha value is -2.05. The van der Waals surface area contributed by atoms with E-state index in [-0.39, 0.29) is 28.7 Å². The van der Waals surface area contributed by atoms with Crippen LogP contribution in [0.15, 0.2) is 29.5 Å². The zero-order valence-electron chi connectivity index (χ0n) is 15.6. The van der Waals surface area contributed by atoms with Crippen molar-refractivity contribution in [1.29, 1.82) is 0 Å². The first-order valence-corrected chi connectivity index (χ1v) is 9.87. The van der Waals surface area contributed by atoms with Crippen LogP contribution in [0.4, 0.5) is 5.69 Å². The summed E-state index contributed by atoms with van der Waals surface area (Å²) < 4.78 is 11.3. The van der Waals surface area contributed by atoms with E-state index in [9.17, 15) is 9.90 Å². The number of benzene rings is 1. The lowest BCUT2D eigenvalue weighted by Gasteiger charge is -2.54. The van der Waals surface area contributed by atoms with Crippen molar-refractivity contribution in [3.63, 3.8) is 0 Å². The number of epoxide rings is 1. The average molecular weight is 368 g/mol. The van der Waals surface area contributed by atoms with Gasteiger partial charge >= 0.3 is 5.97 Å². The molecule has 4 heterocycles. The molecule has 6 nitrogen and oxygen atoms in total. The highest BCUT2D eigenvalue weighted by molar-refractivity contribution is 5.93. The number of piperidine rings is 1. The van der Waals surface area contributed by atoms with Crippen LogP contribution in [0.25, 0.3) is 0 Å². The van der Waals surface area contributed by atoms with Crippen molar-refractivity contribution in [2.75, 3.05) is 25.5 Å². The summed E-state index contributed by atoms with van der Waals surface area (Å²) in [6, 6.07) is 5.88. The second-order valence-electron chi connectivity index (χ2n) is 8.68. The molecule has 1 aromatic rings. The normalized spacial score (nSPS) is 40.6. The predicted molar refractivity (Wildman–Crippen MR) is 98.4 cm³/mol. The van der Waals surface area contributed by atoms with Crippen LogP contribution in [0.3, 0.4) is 0 Å². The Labute approximate surface area is 158 Å². The maximum Gasteiger partial charge on any atom is 0.335 e. The summed E-state index contributed by atoms with van der Waals surface area (Å²) >= 11 is 0. The van der Waals surface area contributed by atoms with Crippen molar-refractivity contribution < 1.29 is 19.4 Å². The molecule has 142 valence electrons. The number of esters is 1. The lowest BCUT2D eigenvalue weighted by Crippen LogP contribution is -2.63. The number of phenolic OH excluding ortho intramolecular Hbond substituents is 1. The van der Waals surface area contributed by atoms with Crippen molar-refractivity contribution in [2.45, 2.75) is 49.9 Å². The van der Waals surface area contributed by atoms with Gasteiger partial charge in [0.1, 0.15) is 5.75 Å². The number of hydrogen-bond acceptors (Lipinski definition) is 6. The molecule has 5 aliphatic rings. The Morgan fingerprint density at radius 2 is 2.33 bits per heavy atom. The van der Waals surface area contributed by atoms with Crippen molar-refractivity contribution in [3.05, 3.63) is 35.0 Å². The molecule has 0 radical (unpaired) electrons. The molecule has 6 rings (SSSR count). The number of carbonyl (C=O) groups is 1. The lowest BCUT2D eigenvalue weighted by atomic mass is 9.53. The van der Waals surface area contributed by atoms with Gasteiger partial charge in [-0.2, -0.15) is 0 Å². The fourth-order valence-corrected chi connectivity index (χ4v) is 6.85. The van der Waals surface area contributed by atoms with Gasteiger partial charge in [0.05, 0.1) is 30.3 Å². The number of ether oxygens (including phenoxy) is 2. The first-order chi connectivity index (χ1) is 13.0. The van der Waals surface area contributed by atoms with Crippen LogP contribution in [0, 0.1) is 5.41 Å². The van der Waals surface area contributed by atoms with Crippen LogP contribution in [0.2, 0.25) is 0 Å². The van der Waals surface area contributed by atoms with Gasteiger partial charge in [-0.25, -0.2) is 4.79 Å². The van der Waals surface area contributed by atoms with Gasteiger partial charge in [0.25, 0.3) is 0 Å². The third-order valence-corrected chi connectivity index (χ3v) is 7.82. The predicted octanol–water partition coefficient (Wildman–Crippen LogP) is 2.14. The smallest absolute Gasteiger partial charge is 0.335 e. The summed E-state index contributed by atoms with van der Waals surface area (Å²) in [4.78, 5) is 15.4. The van der Waals surface area contributed by atoms with Crippen LogP contribution in [-0.2, 0) is 19.7 Å². The summed E-state index contributed by atoms with van der Waals surface area (Å²) in [5, 5.41) is 13.5. The monoisotopic (exact) mass is 368 g/mol. The number of aromatic hydroxyl groups is 1. The van der Waals surface area contributed by atoms with Gasteiger partial charge in [0, 0.05) is 35.5 Å². The summed E-state index contributed by atoms with van der Waals surface area (Å²) in [5.74, 6) is -0.0104. The molecule has 2 N–H and O–H groups in total. The Morgan fingerprint density at radius 1 is 1.48 bits per heavy atom. The van der Waals surface area contributed by atoms with Gasteiger partial charge in [-0.3, -0.25) is 4.90 Å². The third kappa shape index (κ3) is 1.68. The molecule has 6 heteroatoms. The molecular weight excluding hydrogens is 344 g/mol. The van der Waals surface area contributed by atoms with Gasteiger partial charge in [-0.05, 0) is 37.4 Å². The SMILES string of the molecule is CC[C@@]12CC(C(=O)OC)=C3Nc4cc(O)ccc4[C@@]34CCN(C[C@H]3O[C@H]31)[C@@H]24. The highest BCUT2D eigenvalue weighted by Gasteiger charge is 2.73. The molecule has 1 spiro atoms. The van der Waals surface area contributed by atoms with E-state index in [1.807, 2.05) is 6.07 Å². The minimum atomic E-state index is -0.252. The molecule has 3 fully saturated rings. The van der Waals surface area contributed by atoms with E-state index in [1.54, 1.807) is 12.1 Å². The van der Waals surface area contributed by atoms with Gasteiger partial charge in [0.15, 0.2) is 0 Å². The molecule has 0 aromatic heterocycles. The molecular formula is C21H24N2O4. The van der Waals surface area contributed by atoms with Crippen LogP contribution < -0.4 is 5.32 Å². The fraction of sp³-hybridized carbons (Fsp3) is 0.571. The number of carbonyl (C=O) groups excluding carboxylic acids is 1. The quantitative estimate of drug-likeness (QED) is 0.615. The molecule has 4 aliphatic heterocycles. The minimum absolute atomic E-state index is 0.0758. The first-order valence-electron chi connectivity index (χ1n) is 9.87. The summed E-state index contributed by atoms with van der Waals surface area (Å²) in [6.45, 7) is 4.21. The Balaban J connectivity index is 1.66. The van der Waals surface area contributed by atoms with E-state index < -0.39 is 0 Å². The molecule has 1 aliphatic carbocycles. The zero-order chi connectivity index (χ0) is 18.6. The summed E-state index contributed by atoms with van der Waals surface area (Å²) in [5.41, 5.74) is 3.53. The van der Waals surface area contributed by atoms with E-state index in [0.717, 1.165) is 42.9 Å². The molecule has 0 amide bonds. The number of nitrogens with one attached hydrogen (secondary N) is 1. The lowest BCUT2D eigenvalue weighted by molar-refractivity contribution is -0.137. The van der Waals surface area contributed by atoms with Crippen LogP contribution >= 0.6 is 0 Å². The Morgan fingerprint density at radius 3 is 3.11 bits per heavy atom. The Bertz CT molecular complexity index is 911. The number of phenols is 1. The number of hydrogen-bond donors (Lipinski definition) is 2. The largest absolute Gasteiger partial charge is 0.508 e. The topological polar surface area (TPSA) is 74.3 Å². The average Bonchev–Trinajstić information content (AvgIpc) is 3.26. The molecule has 27 heavy (non-hydrogen) atoms. The fourth-order valence-electron chi connectivity index (χ4n) is 6.85. The molecule has 1 aromatic carbocycles. The highest BCUT2D eigenvalue weighted by atomic mass is 16.6. The number of anilines is 1. The third-order valence-electron chi connectivity index (χ3n) is 7.82. The zero-order valence-corrected chi connectivity index (χ0v) is 15.6. The molecule has 0 bridgehead atoms. The first kappa shape index (κ1) is 16.0. The highest BCUT2D eigenvalue weighted by Crippen LogP contribution is 2.68. The van der Waals surface area contributed by atoms with Gasteiger partial charge in [0.2, 0.25) is 0 Å². The Kier molecular flexibility index (Phi) is 2.87. The standard InChI is InChI=1S/C21H24N2O4/c1-3-20-9-12(18(25)26-2)16-21(13-5-4-11(24)8-14(13)22-16)6-7-23(19(20)21)10-15-17(20)27-15/h4-5,8,15,17,19,22,24H,3,6-7,9-10H2,1-2H3/t15-,17-,19+,20-,21+/m1/s1. The second-order valence-corrected chi connectivity index (χ2v) is 8.68. The maximum absolute atomic E-state index is 12.8. The maximum atomic E-state index is 12.8. The van der Waals surface area contributed by atoms with Crippen LogP contribution in [0.1, 0.15) is 31.7 Å². The van der Waals surface area contributed by atoms with E-state index in [4.69, 9.17) is 9.47 Å². The summed E-state index contributed by atoms with van der Waals surface area (Å²) in [7, 11) is 1.46. The van der Waals surface area contributed by atoms with E-state index in [2.05, 4.69) is 17.1 Å². The van der Waals surface area contributed by atoms with Crippen LogP contribution in [-0.4, -0.2) is 54.4 Å². The van der Waals surface area contributed by atoms with Crippen molar-refractivity contribution >= 4 is 11.7 Å². The number of nitrogens with zero attached hydrogens (tertiary/aromatic N) is 1. The van der Waals surface area contributed by atoms with E-state index in [1.165, 1.54) is 12.7 Å². The summed E-state index contributed by atoms with van der Waals surface area (Å²) in [6.07, 6.45) is 3.15. The molecule has 5 atom stereocenters. The van der Waals surface area contributed by atoms with E-state index in [0.29, 0.717) is 18.6 Å². The van der Waals surface area contributed by atoms with Gasteiger partial charge in [-0.15, -0.1) is 0 Å². The number of methoxy groups -OCH3 is 1. The van der Waals surface area contributed by atoms with Crippen LogP contribution in [0.5, 0.6) is 5.75 Å². The number of rotatable bonds is 2.